The van der Waals surface area contributed by atoms with Crippen LogP contribution in [0.2, 0.25) is 0 Å². The van der Waals surface area contributed by atoms with E-state index in [2.05, 4.69) is 0 Å². The number of nitrogens with zero attached hydrogens (tertiary/aromatic N) is 1. The van der Waals surface area contributed by atoms with Crippen molar-refractivity contribution in [3.05, 3.63) is 59.4 Å². The third-order valence-corrected chi connectivity index (χ3v) is 4.06. The second-order valence-corrected chi connectivity index (χ2v) is 5.73. The minimum absolute atomic E-state index is 0.0550. The third-order valence-electron chi connectivity index (χ3n) is 4.06. The van der Waals surface area contributed by atoms with Crippen LogP contribution in [0, 0.1) is 5.82 Å². The van der Waals surface area contributed by atoms with Crippen molar-refractivity contribution in [2.45, 2.75) is 26.3 Å². The van der Waals surface area contributed by atoms with Crippen LogP contribution >= 0.6 is 0 Å². The van der Waals surface area contributed by atoms with E-state index in [4.69, 9.17) is 9.47 Å². The number of fused-ring (bicyclic) bond motifs is 1. The van der Waals surface area contributed by atoms with Gasteiger partial charge in [0.15, 0.2) is 11.5 Å². The second kappa shape index (κ2) is 7.34. The van der Waals surface area contributed by atoms with Gasteiger partial charge in [0, 0.05) is 19.5 Å². The quantitative estimate of drug-likeness (QED) is 0.814. The van der Waals surface area contributed by atoms with E-state index in [9.17, 15) is 9.18 Å². The number of carbonyl (C=O) groups excluding carboxylic acids is 1. The molecule has 0 bridgehead atoms. The molecule has 0 fully saturated rings. The lowest BCUT2D eigenvalue weighted by Gasteiger charge is -2.21. The molecule has 1 aliphatic rings. The first-order chi connectivity index (χ1) is 11.7. The normalized spacial score (nSPS) is 12.2. The molecule has 1 amide bonds. The van der Waals surface area contributed by atoms with Crippen molar-refractivity contribution in [2.75, 3.05) is 13.3 Å². The van der Waals surface area contributed by atoms with Gasteiger partial charge in [0.1, 0.15) is 5.82 Å². The van der Waals surface area contributed by atoms with Gasteiger partial charge in [-0.25, -0.2) is 4.39 Å². The van der Waals surface area contributed by atoms with Crippen LogP contribution in [0.15, 0.2) is 42.5 Å². The molecule has 2 aromatic rings. The number of halogens is 1. The number of benzene rings is 2. The van der Waals surface area contributed by atoms with Crippen LogP contribution in [0.5, 0.6) is 11.5 Å². The zero-order valence-corrected chi connectivity index (χ0v) is 13.6. The fourth-order valence-electron chi connectivity index (χ4n) is 2.74. The van der Waals surface area contributed by atoms with Crippen molar-refractivity contribution in [2.24, 2.45) is 0 Å². The highest BCUT2D eigenvalue weighted by atomic mass is 19.1. The Labute approximate surface area is 140 Å². The maximum Gasteiger partial charge on any atom is 0.231 e. The van der Waals surface area contributed by atoms with Crippen LogP contribution in [-0.2, 0) is 17.8 Å². The Hall–Kier alpha value is -2.56. The van der Waals surface area contributed by atoms with E-state index in [-0.39, 0.29) is 18.5 Å². The molecular weight excluding hydrogens is 309 g/mol. The fourth-order valence-corrected chi connectivity index (χ4v) is 2.74. The largest absolute Gasteiger partial charge is 0.454 e. The number of hydrogen-bond acceptors (Lipinski definition) is 3. The Morgan fingerprint density at radius 1 is 1.12 bits per heavy atom. The Morgan fingerprint density at radius 2 is 1.96 bits per heavy atom. The monoisotopic (exact) mass is 329 g/mol. The highest BCUT2D eigenvalue weighted by molar-refractivity contribution is 5.76. The lowest BCUT2D eigenvalue weighted by Crippen LogP contribution is -2.30. The summed E-state index contributed by atoms with van der Waals surface area (Å²) in [6, 6.07) is 12.1. The van der Waals surface area contributed by atoms with Crippen molar-refractivity contribution in [1.82, 2.24) is 4.90 Å². The van der Waals surface area contributed by atoms with Crippen LogP contribution in [0.3, 0.4) is 0 Å². The molecule has 0 N–H and O–H groups in total. The van der Waals surface area contributed by atoms with E-state index in [0.29, 0.717) is 25.9 Å². The maximum absolute atomic E-state index is 13.2. The summed E-state index contributed by atoms with van der Waals surface area (Å²) in [5, 5.41) is 0. The molecule has 0 saturated heterocycles. The van der Waals surface area contributed by atoms with Gasteiger partial charge in [0.25, 0.3) is 0 Å². The summed E-state index contributed by atoms with van der Waals surface area (Å²) in [5.41, 5.74) is 1.84. The minimum atomic E-state index is -0.271. The van der Waals surface area contributed by atoms with Crippen molar-refractivity contribution >= 4 is 5.91 Å². The van der Waals surface area contributed by atoms with Crippen LogP contribution in [0.4, 0.5) is 4.39 Å². The number of carbonyl (C=O) groups is 1. The number of rotatable bonds is 6. The maximum atomic E-state index is 13.2. The Kier molecular flexibility index (Phi) is 4.99. The predicted octanol–water partition coefficient (Wildman–Crippen LogP) is 3.54. The molecule has 5 heteroatoms. The summed E-state index contributed by atoms with van der Waals surface area (Å²) < 4.78 is 23.9. The first-order valence-corrected chi connectivity index (χ1v) is 8.06. The lowest BCUT2D eigenvalue weighted by molar-refractivity contribution is -0.131. The van der Waals surface area contributed by atoms with Gasteiger partial charge in [-0.15, -0.1) is 0 Å². The highest BCUT2D eigenvalue weighted by Crippen LogP contribution is 2.32. The molecule has 3 rings (SSSR count). The summed E-state index contributed by atoms with van der Waals surface area (Å²) >= 11 is 0. The molecule has 1 heterocycles. The molecule has 0 atom stereocenters. The molecule has 0 radical (unpaired) electrons. The summed E-state index contributed by atoms with van der Waals surface area (Å²) in [6.45, 7) is 3.33. The zero-order valence-electron chi connectivity index (χ0n) is 13.6. The Bertz CT molecular complexity index is 732. The van der Waals surface area contributed by atoms with Gasteiger partial charge < -0.3 is 14.4 Å². The summed E-state index contributed by atoms with van der Waals surface area (Å²) in [4.78, 5) is 14.2. The topological polar surface area (TPSA) is 38.8 Å². The fraction of sp³-hybridized carbons (Fsp3) is 0.316. The molecule has 0 aliphatic carbocycles. The Morgan fingerprint density at radius 3 is 2.75 bits per heavy atom. The van der Waals surface area contributed by atoms with E-state index < -0.39 is 0 Å². The Balaban J connectivity index is 1.60. The third kappa shape index (κ3) is 3.85. The van der Waals surface area contributed by atoms with E-state index in [0.717, 1.165) is 22.6 Å². The molecule has 4 nitrogen and oxygen atoms in total. The van der Waals surface area contributed by atoms with Gasteiger partial charge in [0.05, 0.1) is 0 Å². The zero-order chi connectivity index (χ0) is 16.9. The van der Waals surface area contributed by atoms with Crippen molar-refractivity contribution < 1.29 is 18.7 Å². The van der Waals surface area contributed by atoms with Crippen LogP contribution in [0.1, 0.15) is 24.5 Å². The lowest BCUT2D eigenvalue weighted by atomic mass is 10.1. The van der Waals surface area contributed by atoms with Crippen molar-refractivity contribution in [1.29, 1.82) is 0 Å². The molecule has 0 saturated carbocycles. The molecular formula is C19H20FNO3. The molecule has 0 aromatic heterocycles. The summed E-state index contributed by atoms with van der Waals surface area (Å²) in [6.07, 6.45) is 0.899. The van der Waals surface area contributed by atoms with Gasteiger partial charge >= 0.3 is 0 Å². The summed E-state index contributed by atoms with van der Waals surface area (Å²) in [5.74, 6) is 1.24. The van der Waals surface area contributed by atoms with E-state index in [1.165, 1.54) is 12.1 Å². The SMILES string of the molecule is CCN(Cc1ccc2c(c1)OCO2)C(=O)CCc1cccc(F)c1. The molecule has 2 aromatic carbocycles. The van der Waals surface area contributed by atoms with Gasteiger partial charge in [-0.2, -0.15) is 0 Å². The second-order valence-electron chi connectivity index (χ2n) is 5.73. The molecule has 1 aliphatic heterocycles. The standard InChI is InChI=1S/C19H20FNO3/c1-2-21(12-15-6-8-17-18(11-15)24-13-23-17)19(22)9-7-14-4-3-5-16(20)10-14/h3-6,8,10-11H,2,7,9,12-13H2,1H3. The van der Waals surface area contributed by atoms with Crippen LogP contribution in [-0.4, -0.2) is 24.1 Å². The van der Waals surface area contributed by atoms with E-state index in [1.54, 1.807) is 11.0 Å². The molecule has 126 valence electrons. The first kappa shape index (κ1) is 16.3. The minimum Gasteiger partial charge on any atom is -0.454 e. The smallest absolute Gasteiger partial charge is 0.231 e. The predicted molar refractivity (Wildman–Crippen MR) is 88.4 cm³/mol. The van der Waals surface area contributed by atoms with Gasteiger partial charge in [0.2, 0.25) is 12.7 Å². The average Bonchev–Trinajstić information content (AvgIpc) is 3.05. The van der Waals surface area contributed by atoms with Crippen molar-refractivity contribution in [3.8, 4) is 11.5 Å². The average molecular weight is 329 g/mol. The van der Waals surface area contributed by atoms with Gasteiger partial charge in [-0.3, -0.25) is 4.79 Å². The van der Waals surface area contributed by atoms with Crippen molar-refractivity contribution in [3.63, 3.8) is 0 Å². The molecule has 24 heavy (non-hydrogen) atoms. The highest BCUT2D eigenvalue weighted by Gasteiger charge is 2.16. The number of aryl methyl sites for hydroxylation is 1. The van der Waals surface area contributed by atoms with Gasteiger partial charge in [-0.1, -0.05) is 18.2 Å². The van der Waals surface area contributed by atoms with E-state index in [1.807, 2.05) is 31.2 Å². The van der Waals surface area contributed by atoms with Crippen LogP contribution in [0.25, 0.3) is 0 Å². The number of hydrogen-bond donors (Lipinski definition) is 0. The van der Waals surface area contributed by atoms with Crippen LogP contribution < -0.4 is 9.47 Å². The molecule has 0 spiro atoms. The van der Waals surface area contributed by atoms with Gasteiger partial charge in [-0.05, 0) is 48.7 Å². The molecule has 0 unspecified atom stereocenters. The number of amides is 1. The van der Waals surface area contributed by atoms with E-state index >= 15 is 0 Å². The summed E-state index contributed by atoms with van der Waals surface area (Å²) in [7, 11) is 0. The number of ether oxygens (including phenoxy) is 2. The first-order valence-electron chi connectivity index (χ1n) is 8.06.